The average molecular weight is 305 g/mol. The van der Waals surface area contributed by atoms with Gasteiger partial charge in [0, 0.05) is 6.61 Å². The number of hydrogen-bond donors (Lipinski definition) is 1. The molecule has 0 spiro atoms. The second-order valence-corrected chi connectivity index (χ2v) is 5.56. The van der Waals surface area contributed by atoms with E-state index in [0.29, 0.717) is 18.3 Å². The van der Waals surface area contributed by atoms with E-state index >= 15 is 0 Å². The summed E-state index contributed by atoms with van der Waals surface area (Å²) in [6, 6.07) is 9.76. The van der Waals surface area contributed by atoms with Crippen molar-refractivity contribution in [2.45, 2.75) is 32.8 Å². The number of carbonyl (C=O) groups excluding carboxylic acids is 1. The van der Waals surface area contributed by atoms with Crippen LogP contribution in [0.4, 0.5) is 5.13 Å². The maximum Gasteiger partial charge on any atom is 0.233 e. The van der Waals surface area contributed by atoms with Crippen LogP contribution >= 0.6 is 11.3 Å². The molecule has 0 aliphatic heterocycles. The van der Waals surface area contributed by atoms with Crippen molar-refractivity contribution in [3.8, 4) is 0 Å². The Bertz CT molecular complexity index is 571. The first-order valence-electron chi connectivity index (χ1n) is 7.00. The number of hydrogen-bond acceptors (Lipinski definition) is 5. The van der Waals surface area contributed by atoms with E-state index in [0.717, 1.165) is 17.0 Å². The maximum atomic E-state index is 12.4. The molecule has 0 fully saturated rings. The molecule has 0 aliphatic rings. The van der Waals surface area contributed by atoms with Crippen LogP contribution in [-0.4, -0.2) is 22.7 Å². The van der Waals surface area contributed by atoms with Gasteiger partial charge in [0.1, 0.15) is 11.6 Å². The second-order valence-electron chi connectivity index (χ2n) is 4.50. The van der Waals surface area contributed by atoms with Gasteiger partial charge in [0.2, 0.25) is 11.0 Å². The molecule has 0 bridgehead atoms. The lowest BCUT2D eigenvalue weighted by Crippen LogP contribution is -2.20. The highest BCUT2D eigenvalue weighted by molar-refractivity contribution is 7.15. The summed E-state index contributed by atoms with van der Waals surface area (Å²) in [4.78, 5) is 12.4. The molecule has 112 valence electrons. The summed E-state index contributed by atoms with van der Waals surface area (Å²) in [6.07, 6.45) is 0.737. The molecule has 1 heterocycles. The number of carbonyl (C=O) groups is 1. The van der Waals surface area contributed by atoms with Crippen molar-refractivity contribution in [3.05, 3.63) is 40.9 Å². The number of aromatic nitrogens is 2. The Kier molecular flexibility index (Phi) is 5.83. The van der Waals surface area contributed by atoms with E-state index in [1.807, 2.05) is 44.2 Å². The summed E-state index contributed by atoms with van der Waals surface area (Å²) < 4.78 is 5.27. The zero-order valence-corrected chi connectivity index (χ0v) is 13.0. The highest BCUT2D eigenvalue weighted by atomic mass is 32.1. The van der Waals surface area contributed by atoms with Crippen LogP contribution in [0.3, 0.4) is 0 Å². The van der Waals surface area contributed by atoms with E-state index in [-0.39, 0.29) is 11.8 Å². The molecule has 0 radical (unpaired) electrons. The number of nitrogens with zero attached hydrogens (tertiary/aromatic N) is 2. The van der Waals surface area contributed by atoms with Gasteiger partial charge in [-0.15, -0.1) is 10.2 Å². The molecular weight excluding hydrogens is 286 g/mol. The Balaban J connectivity index is 2.01. The van der Waals surface area contributed by atoms with Crippen LogP contribution in [0.1, 0.15) is 36.8 Å². The zero-order valence-electron chi connectivity index (χ0n) is 12.2. The standard InChI is InChI=1S/C15H19N3O2S/c1-3-12(11-8-6-5-7-9-11)14(19)16-15-18-17-13(21-15)10-20-4-2/h5-9,12H,3-4,10H2,1-2H3,(H,16,18,19)/t12-/m0/s1. The fraction of sp³-hybridized carbons (Fsp3) is 0.400. The third-order valence-electron chi connectivity index (χ3n) is 3.05. The molecule has 1 aromatic heterocycles. The maximum absolute atomic E-state index is 12.4. The lowest BCUT2D eigenvalue weighted by molar-refractivity contribution is -0.117. The summed E-state index contributed by atoms with van der Waals surface area (Å²) in [5.74, 6) is -0.228. The van der Waals surface area contributed by atoms with E-state index in [1.165, 1.54) is 11.3 Å². The van der Waals surface area contributed by atoms with Crippen molar-refractivity contribution in [2.75, 3.05) is 11.9 Å². The topological polar surface area (TPSA) is 64.1 Å². The van der Waals surface area contributed by atoms with Crippen molar-refractivity contribution >= 4 is 22.4 Å². The number of ether oxygens (including phenoxy) is 1. The quantitative estimate of drug-likeness (QED) is 0.853. The Labute approximate surface area is 128 Å². The average Bonchev–Trinajstić information content (AvgIpc) is 2.94. The summed E-state index contributed by atoms with van der Waals surface area (Å²) in [6.45, 7) is 4.99. The predicted octanol–water partition coefficient (Wildman–Crippen LogP) is 3.21. The highest BCUT2D eigenvalue weighted by Gasteiger charge is 2.19. The molecule has 2 aromatic rings. The minimum atomic E-state index is -0.176. The van der Waals surface area contributed by atoms with Gasteiger partial charge in [0.15, 0.2) is 0 Å². The third-order valence-corrected chi connectivity index (χ3v) is 3.87. The smallest absolute Gasteiger partial charge is 0.233 e. The van der Waals surface area contributed by atoms with E-state index in [4.69, 9.17) is 4.74 Å². The fourth-order valence-corrected chi connectivity index (χ4v) is 2.68. The first-order chi connectivity index (χ1) is 10.2. The van der Waals surface area contributed by atoms with Gasteiger partial charge < -0.3 is 4.74 Å². The monoisotopic (exact) mass is 305 g/mol. The molecule has 1 N–H and O–H groups in total. The zero-order chi connectivity index (χ0) is 15.1. The summed E-state index contributed by atoms with van der Waals surface area (Å²) >= 11 is 1.35. The van der Waals surface area contributed by atoms with E-state index in [1.54, 1.807) is 0 Å². The number of amides is 1. The number of benzene rings is 1. The van der Waals surface area contributed by atoms with E-state index in [9.17, 15) is 4.79 Å². The van der Waals surface area contributed by atoms with Gasteiger partial charge >= 0.3 is 0 Å². The van der Waals surface area contributed by atoms with Crippen molar-refractivity contribution in [2.24, 2.45) is 0 Å². The lowest BCUT2D eigenvalue weighted by Gasteiger charge is -2.13. The van der Waals surface area contributed by atoms with Crippen LogP contribution < -0.4 is 5.32 Å². The van der Waals surface area contributed by atoms with Crippen molar-refractivity contribution in [1.82, 2.24) is 10.2 Å². The number of anilines is 1. The van der Waals surface area contributed by atoms with Gasteiger partial charge in [-0.25, -0.2) is 0 Å². The lowest BCUT2D eigenvalue weighted by atomic mass is 9.96. The fourth-order valence-electron chi connectivity index (χ4n) is 2.00. The summed E-state index contributed by atoms with van der Waals surface area (Å²) in [5, 5.41) is 12.1. The first kappa shape index (κ1) is 15.6. The molecule has 1 aromatic carbocycles. The first-order valence-corrected chi connectivity index (χ1v) is 7.82. The highest BCUT2D eigenvalue weighted by Crippen LogP contribution is 2.23. The Morgan fingerprint density at radius 3 is 2.71 bits per heavy atom. The van der Waals surface area contributed by atoms with Gasteiger partial charge in [0.05, 0.1) is 5.92 Å². The minimum Gasteiger partial charge on any atom is -0.374 e. The molecule has 2 rings (SSSR count). The SMILES string of the molecule is CCOCc1nnc(NC(=O)[C@@H](CC)c2ccccc2)s1. The number of rotatable bonds is 7. The Morgan fingerprint density at radius 2 is 2.05 bits per heavy atom. The summed E-state index contributed by atoms with van der Waals surface area (Å²) in [7, 11) is 0. The molecule has 0 saturated heterocycles. The van der Waals surface area contributed by atoms with Gasteiger partial charge in [0.25, 0.3) is 0 Å². The van der Waals surface area contributed by atoms with Crippen molar-refractivity contribution in [3.63, 3.8) is 0 Å². The van der Waals surface area contributed by atoms with Gasteiger partial charge in [-0.3, -0.25) is 10.1 Å². The molecule has 1 atom stereocenters. The second kappa shape index (κ2) is 7.85. The molecule has 0 unspecified atom stereocenters. The molecular formula is C15H19N3O2S. The molecule has 6 heteroatoms. The largest absolute Gasteiger partial charge is 0.374 e. The van der Waals surface area contributed by atoms with Crippen LogP contribution in [0.25, 0.3) is 0 Å². The minimum absolute atomic E-state index is 0.0530. The van der Waals surface area contributed by atoms with Crippen LogP contribution in [-0.2, 0) is 16.1 Å². The third kappa shape index (κ3) is 4.34. The van der Waals surface area contributed by atoms with Crippen LogP contribution in [0.5, 0.6) is 0 Å². The molecule has 1 amide bonds. The van der Waals surface area contributed by atoms with Crippen LogP contribution in [0.2, 0.25) is 0 Å². The van der Waals surface area contributed by atoms with Crippen LogP contribution in [0, 0.1) is 0 Å². The Morgan fingerprint density at radius 1 is 1.29 bits per heavy atom. The molecule has 0 aliphatic carbocycles. The molecule has 0 saturated carbocycles. The molecule has 21 heavy (non-hydrogen) atoms. The summed E-state index contributed by atoms with van der Waals surface area (Å²) in [5.41, 5.74) is 1.01. The number of nitrogens with one attached hydrogen (secondary N) is 1. The Hall–Kier alpha value is -1.79. The van der Waals surface area contributed by atoms with Gasteiger partial charge in [-0.05, 0) is 18.9 Å². The van der Waals surface area contributed by atoms with Crippen LogP contribution in [0.15, 0.2) is 30.3 Å². The normalized spacial score (nSPS) is 12.1. The molecule has 5 nitrogen and oxygen atoms in total. The van der Waals surface area contributed by atoms with Crippen molar-refractivity contribution in [1.29, 1.82) is 0 Å². The van der Waals surface area contributed by atoms with E-state index in [2.05, 4.69) is 15.5 Å². The van der Waals surface area contributed by atoms with Gasteiger partial charge in [-0.2, -0.15) is 0 Å². The van der Waals surface area contributed by atoms with E-state index < -0.39 is 0 Å². The predicted molar refractivity (Wildman–Crippen MR) is 83.3 cm³/mol. The van der Waals surface area contributed by atoms with Gasteiger partial charge in [-0.1, -0.05) is 48.6 Å². The van der Waals surface area contributed by atoms with Crippen molar-refractivity contribution < 1.29 is 9.53 Å².